The number of methoxy groups -OCH3 is 2. The number of rotatable bonds is 9. The first kappa shape index (κ1) is 17.8. The molecule has 0 fully saturated rings. The summed E-state index contributed by atoms with van der Waals surface area (Å²) in [4.78, 5) is 7.22. The van der Waals surface area contributed by atoms with E-state index in [0.29, 0.717) is 17.5 Å². The summed E-state index contributed by atoms with van der Waals surface area (Å²) >= 11 is 7.15. The number of ether oxygens (including phenoxy) is 2. The van der Waals surface area contributed by atoms with Crippen LogP contribution in [-0.2, 0) is 9.47 Å². The van der Waals surface area contributed by atoms with Crippen LogP contribution >= 0.6 is 23.4 Å². The number of halogens is 1. The molecule has 2 N–H and O–H groups in total. The number of thioether (sulfide) groups is 1. The quantitative estimate of drug-likeness (QED) is 0.703. The maximum absolute atomic E-state index is 5.83. The minimum absolute atomic E-state index is 0.366. The zero-order valence-electron chi connectivity index (χ0n) is 12.2. The fraction of sp³-hybridized carbons (Fsp3) is 0.357. The molecule has 0 aliphatic carbocycles. The Bertz CT molecular complexity index is 467. The predicted octanol–water partition coefficient (Wildman–Crippen LogP) is 2.75. The van der Waals surface area contributed by atoms with E-state index in [-0.39, 0.29) is 6.29 Å². The number of hydrogen-bond acceptors (Lipinski definition) is 6. The van der Waals surface area contributed by atoms with Crippen LogP contribution in [0.15, 0.2) is 46.4 Å². The molecule has 0 unspecified atom stereocenters. The van der Waals surface area contributed by atoms with E-state index in [1.54, 1.807) is 20.4 Å². The van der Waals surface area contributed by atoms with Crippen molar-refractivity contribution >= 4 is 29.2 Å². The summed E-state index contributed by atoms with van der Waals surface area (Å²) < 4.78 is 11.0. The predicted molar refractivity (Wildman–Crippen MR) is 89.1 cm³/mol. The number of hydrogen-bond donors (Lipinski definition) is 1. The fourth-order valence-electron chi connectivity index (χ4n) is 1.65. The summed E-state index contributed by atoms with van der Waals surface area (Å²) in [6.07, 6.45) is 2.88. The normalized spacial score (nSPS) is 11.7. The molecule has 0 saturated carbocycles. The second-order valence-corrected chi connectivity index (χ2v) is 5.96. The van der Waals surface area contributed by atoms with E-state index in [1.807, 2.05) is 23.1 Å². The average molecular weight is 330 g/mol. The summed E-state index contributed by atoms with van der Waals surface area (Å²) in [5.41, 5.74) is 5.65. The Morgan fingerprint density at radius 1 is 1.52 bits per heavy atom. The van der Waals surface area contributed by atoms with Crippen molar-refractivity contribution in [1.29, 1.82) is 0 Å². The van der Waals surface area contributed by atoms with Gasteiger partial charge in [0.15, 0.2) is 6.29 Å². The van der Waals surface area contributed by atoms with E-state index < -0.39 is 0 Å². The Balaban J connectivity index is 2.88. The van der Waals surface area contributed by atoms with Crippen molar-refractivity contribution in [3.8, 4) is 0 Å². The van der Waals surface area contributed by atoms with Crippen LogP contribution in [0.4, 0.5) is 5.82 Å². The van der Waals surface area contributed by atoms with Gasteiger partial charge < -0.3 is 20.1 Å². The zero-order valence-corrected chi connectivity index (χ0v) is 13.7. The van der Waals surface area contributed by atoms with E-state index in [0.717, 1.165) is 10.7 Å². The molecular weight excluding hydrogens is 310 g/mol. The van der Waals surface area contributed by atoms with E-state index in [4.69, 9.17) is 26.8 Å². The Morgan fingerprint density at radius 2 is 2.24 bits per heavy atom. The lowest BCUT2D eigenvalue weighted by Crippen LogP contribution is -2.36. The first-order chi connectivity index (χ1) is 10.1. The van der Waals surface area contributed by atoms with Crippen LogP contribution in [0.2, 0.25) is 0 Å². The van der Waals surface area contributed by atoms with E-state index in [1.165, 1.54) is 18.0 Å². The number of anilines is 1. The largest absolute Gasteiger partial charge is 0.404 e. The van der Waals surface area contributed by atoms with Gasteiger partial charge in [0.1, 0.15) is 5.82 Å². The molecule has 0 radical (unpaired) electrons. The molecule has 1 aromatic rings. The van der Waals surface area contributed by atoms with Gasteiger partial charge in [0, 0.05) is 31.5 Å². The maximum atomic E-state index is 5.83. The molecule has 7 heteroatoms. The molecular formula is C14H20ClN3O2S. The molecule has 0 amide bonds. The fourth-order valence-corrected chi connectivity index (χ4v) is 2.52. The number of nitrogens with two attached hydrogens (primary N) is 1. The average Bonchev–Trinajstić information content (AvgIpc) is 2.50. The van der Waals surface area contributed by atoms with Gasteiger partial charge in [-0.1, -0.05) is 36.0 Å². The molecule has 0 aliphatic rings. The molecule has 1 heterocycles. The van der Waals surface area contributed by atoms with Crippen LogP contribution in [0.5, 0.6) is 0 Å². The van der Waals surface area contributed by atoms with Crippen molar-refractivity contribution in [3.63, 3.8) is 0 Å². The highest BCUT2D eigenvalue weighted by atomic mass is 35.5. The summed E-state index contributed by atoms with van der Waals surface area (Å²) in [7, 11) is 3.19. The molecule has 0 aromatic carbocycles. The lowest BCUT2D eigenvalue weighted by atomic mass is 10.4. The highest BCUT2D eigenvalue weighted by Crippen LogP contribution is 2.27. The zero-order chi connectivity index (χ0) is 15.7. The van der Waals surface area contributed by atoms with Crippen LogP contribution in [0.25, 0.3) is 0 Å². The van der Waals surface area contributed by atoms with Gasteiger partial charge in [0.05, 0.1) is 17.5 Å². The lowest BCUT2D eigenvalue weighted by Gasteiger charge is -2.27. The van der Waals surface area contributed by atoms with Gasteiger partial charge in [0.2, 0.25) is 0 Å². The van der Waals surface area contributed by atoms with Crippen LogP contribution < -0.4 is 10.6 Å². The van der Waals surface area contributed by atoms with E-state index in [2.05, 4.69) is 11.6 Å². The van der Waals surface area contributed by atoms with E-state index in [9.17, 15) is 0 Å². The first-order valence-electron chi connectivity index (χ1n) is 6.25. The molecule has 1 rings (SSSR count). The summed E-state index contributed by atoms with van der Waals surface area (Å²) in [5.74, 6) is 0.803. The Labute approximate surface area is 134 Å². The van der Waals surface area contributed by atoms with Gasteiger partial charge >= 0.3 is 0 Å². The van der Waals surface area contributed by atoms with Gasteiger partial charge in [-0.05, 0) is 12.1 Å². The number of pyridine rings is 1. The lowest BCUT2D eigenvalue weighted by molar-refractivity contribution is -0.0948. The number of nitrogens with zero attached hydrogens (tertiary/aromatic N) is 2. The third-order valence-corrected chi connectivity index (χ3v) is 3.62. The van der Waals surface area contributed by atoms with Crippen molar-refractivity contribution in [3.05, 3.63) is 46.4 Å². The molecule has 116 valence electrons. The van der Waals surface area contributed by atoms with Crippen molar-refractivity contribution in [2.24, 2.45) is 5.73 Å². The van der Waals surface area contributed by atoms with Gasteiger partial charge in [-0.2, -0.15) is 0 Å². The van der Waals surface area contributed by atoms with Crippen LogP contribution in [0.3, 0.4) is 0 Å². The molecule has 0 atom stereocenters. The van der Waals surface area contributed by atoms with Gasteiger partial charge in [-0.25, -0.2) is 4.98 Å². The van der Waals surface area contributed by atoms with Crippen molar-refractivity contribution in [2.45, 2.75) is 6.29 Å². The van der Waals surface area contributed by atoms with Crippen molar-refractivity contribution in [2.75, 3.05) is 32.2 Å². The Kier molecular flexibility index (Phi) is 8.22. The molecule has 0 saturated heterocycles. The third-order valence-electron chi connectivity index (χ3n) is 2.64. The smallest absolute Gasteiger partial charge is 0.174 e. The van der Waals surface area contributed by atoms with E-state index >= 15 is 0 Å². The Hall–Kier alpha value is -1.21. The minimum atomic E-state index is -0.366. The van der Waals surface area contributed by atoms with Gasteiger partial charge in [-0.15, -0.1) is 0 Å². The maximum Gasteiger partial charge on any atom is 0.174 e. The first-order valence-corrected chi connectivity index (χ1v) is 7.44. The van der Waals surface area contributed by atoms with Crippen molar-refractivity contribution in [1.82, 2.24) is 4.98 Å². The molecule has 5 nitrogen and oxygen atoms in total. The second-order valence-electron chi connectivity index (χ2n) is 4.06. The van der Waals surface area contributed by atoms with Crippen molar-refractivity contribution < 1.29 is 9.47 Å². The molecule has 0 bridgehead atoms. The SMILES string of the molecule is C=C(Cl)S/C(=C\N)CN(CC(OC)OC)c1ccccn1. The minimum Gasteiger partial charge on any atom is -0.404 e. The molecule has 0 aliphatic heterocycles. The molecule has 21 heavy (non-hydrogen) atoms. The monoisotopic (exact) mass is 329 g/mol. The highest BCUT2D eigenvalue weighted by Gasteiger charge is 2.16. The second kappa shape index (κ2) is 9.68. The van der Waals surface area contributed by atoms with Crippen LogP contribution in [-0.4, -0.2) is 38.6 Å². The summed E-state index contributed by atoms with van der Waals surface area (Å²) in [6.45, 7) is 4.71. The molecule has 1 aromatic heterocycles. The standard InChI is InChI=1S/C14H20ClN3O2S/c1-11(15)21-12(8-16)9-18(10-14(19-2)20-3)13-6-4-5-7-17-13/h4-8,14H,1,9-10,16H2,2-3H3/b12-8-. The topological polar surface area (TPSA) is 60.6 Å². The third kappa shape index (κ3) is 6.39. The summed E-state index contributed by atoms with van der Waals surface area (Å²) in [5, 5.41) is 0. The van der Waals surface area contributed by atoms with Crippen LogP contribution in [0.1, 0.15) is 0 Å². The van der Waals surface area contributed by atoms with Gasteiger partial charge in [0.25, 0.3) is 0 Å². The van der Waals surface area contributed by atoms with Crippen LogP contribution in [0, 0.1) is 0 Å². The number of aromatic nitrogens is 1. The summed E-state index contributed by atoms with van der Waals surface area (Å²) in [6, 6.07) is 5.70. The molecule has 0 spiro atoms. The Morgan fingerprint density at radius 3 is 2.71 bits per heavy atom. The van der Waals surface area contributed by atoms with Gasteiger partial charge in [-0.3, -0.25) is 0 Å². The highest BCUT2D eigenvalue weighted by molar-refractivity contribution is 8.08.